The first-order valence-corrected chi connectivity index (χ1v) is 7.37. The van der Waals surface area contributed by atoms with Crippen molar-refractivity contribution in [3.63, 3.8) is 0 Å². The summed E-state index contributed by atoms with van der Waals surface area (Å²) in [7, 11) is 2.02. The fourth-order valence-electron chi connectivity index (χ4n) is 3.51. The van der Waals surface area contributed by atoms with Crippen LogP contribution in [0.3, 0.4) is 0 Å². The van der Waals surface area contributed by atoms with E-state index in [9.17, 15) is 5.11 Å². The van der Waals surface area contributed by atoms with Crippen molar-refractivity contribution in [1.29, 1.82) is 0 Å². The minimum Gasteiger partial charge on any atom is -0.395 e. The maximum absolute atomic E-state index is 9.52. The Morgan fingerprint density at radius 1 is 1.39 bits per heavy atom. The molecule has 0 aliphatic carbocycles. The van der Waals surface area contributed by atoms with Crippen LogP contribution in [0.5, 0.6) is 0 Å². The van der Waals surface area contributed by atoms with Crippen LogP contribution in [0, 0.1) is 5.41 Å². The SMILES string of the molecule is CNCC1(CN2CCCCC2CO)CCCOC1. The van der Waals surface area contributed by atoms with Crippen LogP contribution in [0.15, 0.2) is 0 Å². The van der Waals surface area contributed by atoms with E-state index in [0.717, 1.165) is 39.3 Å². The lowest BCUT2D eigenvalue weighted by molar-refractivity contribution is -0.0419. The molecule has 2 heterocycles. The van der Waals surface area contributed by atoms with E-state index in [4.69, 9.17) is 4.74 Å². The van der Waals surface area contributed by atoms with E-state index < -0.39 is 0 Å². The molecule has 0 aromatic heterocycles. The van der Waals surface area contributed by atoms with Gasteiger partial charge in [-0.25, -0.2) is 0 Å². The predicted molar refractivity (Wildman–Crippen MR) is 72.7 cm³/mol. The van der Waals surface area contributed by atoms with Gasteiger partial charge in [0.25, 0.3) is 0 Å². The first kappa shape index (κ1) is 14.3. The highest BCUT2D eigenvalue weighted by atomic mass is 16.5. The van der Waals surface area contributed by atoms with Crippen LogP contribution in [0.25, 0.3) is 0 Å². The Morgan fingerprint density at radius 2 is 2.28 bits per heavy atom. The van der Waals surface area contributed by atoms with Gasteiger partial charge in [0.1, 0.15) is 0 Å². The van der Waals surface area contributed by atoms with Gasteiger partial charge in [-0.3, -0.25) is 4.90 Å². The molecule has 0 radical (unpaired) electrons. The molecule has 0 saturated carbocycles. The summed E-state index contributed by atoms with van der Waals surface area (Å²) in [5.74, 6) is 0. The zero-order chi connectivity index (χ0) is 12.8. The Labute approximate surface area is 111 Å². The summed E-state index contributed by atoms with van der Waals surface area (Å²) >= 11 is 0. The summed E-state index contributed by atoms with van der Waals surface area (Å²) < 4.78 is 5.72. The molecule has 0 aromatic rings. The molecule has 18 heavy (non-hydrogen) atoms. The van der Waals surface area contributed by atoms with Crippen LogP contribution in [0.2, 0.25) is 0 Å². The van der Waals surface area contributed by atoms with E-state index in [0.29, 0.717) is 12.6 Å². The van der Waals surface area contributed by atoms with Gasteiger partial charge in [0.05, 0.1) is 13.2 Å². The van der Waals surface area contributed by atoms with E-state index in [1.165, 1.54) is 25.7 Å². The molecule has 0 spiro atoms. The molecule has 2 atom stereocenters. The van der Waals surface area contributed by atoms with Crippen LogP contribution >= 0.6 is 0 Å². The highest BCUT2D eigenvalue weighted by Gasteiger charge is 2.36. The third kappa shape index (κ3) is 3.44. The normalized spacial score (nSPS) is 34.7. The van der Waals surface area contributed by atoms with Crippen LogP contribution in [0.1, 0.15) is 32.1 Å². The molecule has 2 aliphatic rings. The average molecular weight is 256 g/mol. The van der Waals surface area contributed by atoms with Crippen molar-refractivity contribution in [1.82, 2.24) is 10.2 Å². The van der Waals surface area contributed by atoms with Crippen molar-refractivity contribution in [2.75, 3.05) is 46.5 Å². The van der Waals surface area contributed by atoms with Gasteiger partial charge >= 0.3 is 0 Å². The molecule has 0 bridgehead atoms. The van der Waals surface area contributed by atoms with Crippen LogP contribution in [-0.4, -0.2) is 62.6 Å². The summed E-state index contributed by atoms with van der Waals surface area (Å²) in [6.45, 7) is 5.30. The number of ether oxygens (including phenoxy) is 1. The topological polar surface area (TPSA) is 44.7 Å². The molecular weight excluding hydrogens is 228 g/mol. The van der Waals surface area contributed by atoms with Gasteiger partial charge < -0.3 is 15.2 Å². The van der Waals surface area contributed by atoms with Crippen molar-refractivity contribution in [3.05, 3.63) is 0 Å². The van der Waals surface area contributed by atoms with E-state index >= 15 is 0 Å². The Morgan fingerprint density at radius 3 is 2.94 bits per heavy atom. The fourth-order valence-corrected chi connectivity index (χ4v) is 3.51. The number of hydrogen-bond acceptors (Lipinski definition) is 4. The molecule has 2 fully saturated rings. The minimum atomic E-state index is 0.248. The fraction of sp³-hybridized carbons (Fsp3) is 1.00. The van der Waals surface area contributed by atoms with Gasteiger partial charge in [-0.1, -0.05) is 6.42 Å². The minimum absolute atomic E-state index is 0.248. The van der Waals surface area contributed by atoms with E-state index in [1.54, 1.807) is 0 Å². The molecule has 2 unspecified atom stereocenters. The molecule has 0 aromatic carbocycles. The number of aliphatic hydroxyl groups is 1. The van der Waals surface area contributed by atoms with Crippen molar-refractivity contribution >= 4 is 0 Å². The molecule has 2 N–H and O–H groups in total. The van der Waals surface area contributed by atoms with Crippen LogP contribution < -0.4 is 5.32 Å². The van der Waals surface area contributed by atoms with Crippen molar-refractivity contribution in [2.45, 2.75) is 38.1 Å². The van der Waals surface area contributed by atoms with Gasteiger partial charge in [-0.15, -0.1) is 0 Å². The molecule has 2 aliphatic heterocycles. The number of nitrogens with zero attached hydrogens (tertiary/aromatic N) is 1. The monoisotopic (exact) mass is 256 g/mol. The van der Waals surface area contributed by atoms with E-state index in [1.807, 2.05) is 7.05 Å². The molecule has 106 valence electrons. The molecule has 2 saturated heterocycles. The largest absolute Gasteiger partial charge is 0.395 e. The zero-order valence-electron chi connectivity index (χ0n) is 11.7. The van der Waals surface area contributed by atoms with Gasteiger partial charge in [0.15, 0.2) is 0 Å². The standard InChI is InChI=1S/C14H28N2O2/c1-15-10-14(6-4-8-18-12-14)11-16-7-3-2-5-13(16)9-17/h13,15,17H,2-12H2,1H3. The Balaban J connectivity index is 1.98. The third-order valence-corrected chi connectivity index (χ3v) is 4.45. The zero-order valence-corrected chi connectivity index (χ0v) is 11.7. The molecule has 2 rings (SSSR count). The highest BCUT2D eigenvalue weighted by Crippen LogP contribution is 2.31. The second kappa shape index (κ2) is 6.85. The van der Waals surface area contributed by atoms with Crippen LogP contribution in [0.4, 0.5) is 0 Å². The van der Waals surface area contributed by atoms with Gasteiger partial charge in [-0.2, -0.15) is 0 Å². The second-order valence-electron chi connectivity index (χ2n) is 5.99. The number of likely N-dealkylation sites (tertiary alicyclic amines) is 1. The second-order valence-corrected chi connectivity index (χ2v) is 5.99. The summed E-state index contributed by atoms with van der Waals surface area (Å²) in [6, 6.07) is 0.370. The maximum atomic E-state index is 9.52. The molecule has 4 nitrogen and oxygen atoms in total. The summed E-state index contributed by atoms with van der Waals surface area (Å²) in [5, 5.41) is 12.8. The number of nitrogens with one attached hydrogen (secondary N) is 1. The lowest BCUT2D eigenvalue weighted by Crippen LogP contribution is -2.53. The first-order chi connectivity index (χ1) is 8.79. The van der Waals surface area contributed by atoms with E-state index in [-0.39, 0.29) is 5.41 Å². The van der Waals surface area contributed by atoms with Gasteiger partial charge in [0.2, 0.25) is 0 Å². The van der Waals surface area contributed by atoms with Crippen LogP contribution in [-0.2, 0) is 4.74 Å². The van der Waals surface area contributed by atoms with Gasteiger partial charge in [0, 0.05) is 31.2 Å². The Kier molecular flexibility index (Phi) is 5.42. The van der Waals surface area contributed by atoms with Crippen molar-refractivity contribution in [3.8, 4) is 0 Å². The molecular formula is C14H28N2O2. The quantitative estimate of drug-likeness (QED) is 0.765. The lowest BCUT2D eigenvalue weighted by atomic mass is 9.81. The summed E-state index contributed by atoms with van der Waals surface area (Å²) in [5.41, 5.74) is 0.248. The van der Waals surface area contributed by atoms with Gasteiger partial charge in [-0.05, 0) is 39.3 Å². The number of rotatable bonds is 5. The highest BCUT2D eigenvalue weighted by molar-refractivity contribution is 4.89. The Bertz CT molecular complexity index is 236. The summed E-state index contributed by atoms with van der Waals surface area (Å²) in [6.07, 6.45) is 6.08. The third-order valence-electron chi connectivity index (χ3n) is 4.45. The Hall–Kier alpha value is -0.160. The lowest BCUT2D eigenvalue weighted by Gasteiger charge is -2.44. The van der Waals surface area contributed by atoms with Crippen molar-refractivity contribution in [2.24, 2.45) is 5.41 Å². The maximum Gasteiger partial charge on any atom is 0.0586 e. The molecule has 4 heteroatoms. The predicted octanol–water partition coefficient (Wildman–Crippen LogP) is 0.849. The first-order valence-electron chi connectivity index (χ1n) is 7.37. The number of piperidine rings is 1. The average Bonchev–Trinajstić information content (AvgIpc) is 2.40. The van der Waals surface area contributed by atoms with Crippen molar-refractivity contribution < 1.29 is 9.84 Å². The smallest absolute Gasteiger partial charge is 0.0586 e. The molecule has 0 amide bonds. The van der Waals surface area contributed by atoms with E-state index in [2.05, 4.69) is 10.2 Å². The summed E-state index contributed by atoms with van der Waals surface area (Å²) in [4.78, 5) is 2.50. The number of hydrogen-bond donors (Lipinski definition) is 2. The number of aliphatic hydroxyl groups excluding tert-OH is 1.